The van der Waals surface area contributed by atoms with E-state index in [2.05, 4.69) is 4.85 Å². The Kier molecular flexibility index (Phi) is 6.88. The van der Waals surface area contributed by atoms with Crippen molar-refractivity contribution in [3.63, 3.8) is 0 Å². The Hall–Kier alpha value is -6.01. The van der Waals surface area contributed by atoms with Crippen LogP contribution in [0.3, 0.4) is 0 Å². The van der Waals surface area contributed by atoms with Gasteiger partial charge in [-0.15, -0.1) is 0 Å². The first-order valence-corrected chi connectivity index (χ1v) is 15.7. The van der Waals surface area contributed by atoms with Crippen molar-refractivity contribution < 1.29 is 26.3 Å². The topological polar surface area (TPSA) is 14.2 Å². The fourth-order valence-corrected chi connectivity index (χ4v) is 7.29. The summed E-state index contributed by atoms with van der Waals surface area (Å²) in [6, 6.07) is 30.6. The summed E-state index contributed by atoms with van der Waals surface area (Å²) in [4.78, 5) is 3.39. The average molecular weight is 674 g/mol. The van der Waals surface area contributed by atoms with Crippen molar-refractivity contribution in [2.75, 3.05) is 0 Å². The molecule has 9 heteroatoms. The van der Waals surface area contributed by atoms with E-state index in [1.54, 1.807) is 54.0 Å². The third-order valence-electron chi connectivity index (χ3n) is 9.30. The highest BCUT2D eigenvalue weighted by molar-refractivity contribution is 6.12. The quantitative estimate of drug-likeness (QED) is 0.131. The largest absolute Gasteiger partial charge is 0.420 e. The molecule has 0 fully saturated rings. The number of fused-ring (bicyclic) bond motifs is 6. The summed E-state index contributed by atoms with van der Waals surface area (Å²) < 4.78 is 95.7. The molecule has 0 aliphatic rings. The lowest BCUT2D eigenvalue weighted by atomic mass is 9.92. The first-order valence-electron chi connectivity index (χ1n) is 15.7. The van der Waals surface area contributed by atoms with Gasteiger partial charge in [-0.2, -0.15) is 26.3 Å². The van der Waals surface area contributed by atoms with Crippen molar-refractivity contribution >= 4 is 49.3 Å². The summed E-state index contributed by atoms with van der Waals surface area (Å²) in [5.41, 5.74) is -1.08. The molecule has 0 saturated heterocycles. The molecule has 0 bridgehead atoms. The number of benzene rings is 6. The van der Waals surface area contributed by atoms with Gasteiger partial charge in [0, 0.05) is 27.1 Å². The second-order valence-electron chi connectivity index (χ2n) is 12.4. The maximum atomic E-state index is 16.2. The molecule has 0 aliphatic carbocycles. The summed E-state index contributed by atoms with van der Waals surface area (Å²) in [6.07, 6.45) is -10.0. The third-order valence-corrected chi connectivity index (χ3v) is 9.30. The molecule has 2 heterocycles. The van der Waals surface area contributed by atoms with Gasteiger partial charge in [0.1, 0.15) is 5.56 Å². The minimum absolute atomic E-state index is 0.250. The van der Waals surface area contributed by atoms with Crippen LogP contribution in [0.1, 0.15) is 22.3 Å². The second-order valence-corrected chi connectivity index (χ2v) is 12.4. The molecule has 8 rings (SSSR count). The van der Waals surface area contributed by atoms with Crippen LogP contribution in [0.15, 0.2) is 115 Å². The minimum Gasteiger partial charge on any atom is -0.309 e. The number of hydrogen-bond donors (Lipinski definition) is 0. The third kappa shape index (κ3) is 4.66. The molecule has 0 unspecified atom stereocenters. The van der Waals surface area contributed by atoms with Crippen LogP contribution in [0.5, 0.6) is 0 Å². The van der Waals surface area contributed by atoms with Gasteiger partial charge in [0.05, 0.1) is 45.6 Å². The zero-order valence-corrected chi connectivity index (χ0v) is 26.6. The Balaban J connectivity index is 1.66. The van der Waals surface area contributed by atoms with Gasteiger partial charge in [0.15, 0.2) is 5.69 Å². The van der Waals surface area contributed by atoms with Crippen molar-refractivity contribution in [2.24, 2.45) is 0 Å². The van der Waals surface area contributed by atoms with E-state index in [0.717, 1.165) is 34.0 Å². The van der Waals surface area contributed by atoms with Gasteiger partial charge in [-0.05, 0) is 60.9 Å². The van der Waals surface area contributed by atoms with Crippen LogP contribution in [0, 0.1) is 20.4 Å². The van der Waals surface area contributed by atoms with Crippen LogP contribution in [0.4, 0.5) is 32.0 Å². The fourth-order valence-electron chi connectivity index (χ4n) is 7.29. The normalized spacial score (nSPS) is 12.4. The Labute approximate surface area is 282 Å². The molecule has 0 aliphatic heterocycles. The molecule has 0 atom stereocenters. The monoisotopic (exact) mass is 673 g/mol. The fraction of sp³-hybridized carbons (Fsp3) is 0.0976. The minimum atomic E-state index is -5.07. The standard InChI is InChI=1S/C41H25F6N3/c1-23-15-17-27-25-9-4-6-13-32(25)49(35(27)21-23)34-20-19-29(37-30(40(42,43)44)11-8-12-31(37)48-3)39(38(34)41(45,46)47)50-33-14-7-5-10-26(33)28-18-16-24(2)22-36(28)50/h4-22H,1-2H3. The zero-order chi connectivity index (χ0) is 35.1. The van der Waals surface area contributed by atoms with Gasteiger partial charge in [0.25, 0.3) is 0 Å². The first kappa shape index (κ1) is 31.3. The van der Waals surface area contributed by atoms with Gasteiger partial charge >= 0.3 is 12.4 Å². The molecular weight excluding hydrogens is 648 g/mol. The molecule has 0 amide bonds. The van der Waals surface area contributed by atoms with Gasteiger partial charge < -0.3 is 9.13 Å². The van der Waals surface area contributed by atoms with Crippen molar-refractivity contribution in [3.05, 3.63) is 149 Å². The molecule has 8 aromatic rings. The maximum Gasteiger partial charge on any atom is 0.420 e. The van der Waals surface area contributed by atoms with E-state index in [1.807, 2.05) is 49.4 Å². The molecule has 0 spiro atoms. The van der Waals surface area contributed by atoms with E-state index < -0.39 is 40.4 Å². The van der Waals surface area contributed by atoms with E-state index in [9.17, 15) is 13.2 Å². The lowest BCUT2D eigenvalue weighted by molar-refractivity contribution is -0.137. The molecule has 0 radical (unpaired) electrons. The smallest absolute Gasteiger partial charge is 0.309 e. The molecule has 3 nitrogen and oxygen atoms in total. The summed E-state index contributed by atoms with van der Waals surface area (Å²) in [5, 5.41) is 2.73. The summed E-state index contributed by atoms with van der Waals surface area (Å²) in [7, 11) is 0. The molecule has 50 heavy (non-hydrogen) atoms. The van der Waals surface area contributed by atoms with E-state index in [0.29, 0.717) is 32.8 Å². The number of aryl methyl sites for hydroxylation is 2. The molecule has 6 aromatic carbocycles. The summed E-state index contributed by atoms with van der Waals surface area (Å²) >= 11 is 0. The first-order chi connectivity index (χ1) is 23.9. The zero-order valence-electron chi connectivity index (χ0n) is 26.6. The number of para-hydroxylation sites is 2. The Morgan fingerprint density at radius 1 is 0.540 bits per heavy atom. The van der Waals surface area contributed by atoms with Crippen molar-refractivity contribution in [1.82, 2.24) is 9.13 Å². The van der Waals surface area contributed by atoms with Crippen LogP contribution >= 0.6 is 0 Å². The number of halogens is 6. The number of rotatable bonds is 3. The van der Waals surface area contributed by atoms with Gasteiger partial charge in [0.2, 0.25) is 0 Å². The lowest BCUT2D eigenvalue weighted by Gasteiger charge is -2.26. The highest BCUT2D eigenvalue weighted by atomic mass is 19.4. The predicted molar refractivity (Wildman–Crippen MR) is 186 cm³/mol. The number of hydrogen-bond acceptors (Lipinski definition) is 0. The van der Waals surface area contributed by atoms with Crippen LogP contribution in [-0.2, 0) is 12.4 Å². The van der Waals surface area contributed by atoms with Crippen molar-refractivity contribution in [3.8, 4) is 22.5 Å². The van der Waals surface area contributed by atoms with Crippen molar-refractivity contribution in [2.45, 2.75) is 26.2 Å². The average Bonchev–Trinajstić information content (AvgIpc) is 3.58. The maximum absolute atomic E-state index is 16.2. The van der Waals surface area contributed by atoms with Crippen LogP contribution in [0.25, 0.3) is 71.0 Å². The molecular formula is C41H25F6N3. The Bertz CT molecular complexity index is 2720. The van der Waals surface area contributed by atoms with E-state index in [4.69, 9.17) is 6.57 Å². The van der Waals surface area contributed by atoms with Crippen LogP contribution in [-0.4, -0.2) is 9.13 Å². The Morgan fingerprint density at radius 3 is 1.64 bits per heavy atom. The number of aromatic nitrogens is 2. The van der Waals surface area contributed by atoms with Gasteiger partial charge in [-0.1, -0.05) is 84.9 Å². The highest BCUT2D eigenvalue weighted by Crippen LogP contribution is 2.51. The molecule has 0 N–H and O–H groups in total. The Morgan fingerprint density at radius 2 is 1.08 bits per heavy atom. The second kappa shape index (κ2) is 11.0. The summed E-state index contributed by atoms with van der Waals surface area (Å²) in [5.74, 6) is 0. The highest BCUT2D eigenvalue weighted by Gasteiger charge is 2.42. The molecule has 2 aromatic heterocycles. The number of alkyl halides is 6. The van der Waals surface area contributed by atoms with Gasteiger partial charge in [-0.25, -0.2) is 4.85 Å². The van der Waals surface area contributed by atoms with E-state index in [-0.39, 0.29) is 11.3 Å². The van der Waals surface area contributed by atoms with Crippen molar-refractivity contribution in [1.29, 1.82) is 0 Å². The van der Waals surface area contributed by atoms with Gasteiger partial charge in [-0.3, -0.25) is 0 Å². The van der Waals surface area contributed by atoms with Crippen LogP contribution in [0.2, 0.25) is 0 Å². The lowest BCUT2D eigenvalue weighted by Crippen LogP contribution is -2.17. The van der Waals surface area contributed by atoms with E-state index >= 15 is 13.2 Å². The predicted octanol–water partition coefficient (Wildman–Crippen LogP) is 12.8. The molecule has 0 saturated carbocycles. The number of nitrogens with zero attached hydrogens (tertiary/aromatic N) is 3. The summed E-state index contributed by atoms with van der Waals surface area (Å²) in [6.45, 7) is 11.5. The van der Waals surface area contributed by atoms with Crippen LogP contribution < -0.4 is 0 Å². The van der Waals surface area contributed by atoms with E-state index in [1.165, 1.54) is 22.8 Å². The molecule has 246 valence electrons. The SMILES string of the molecule is [C-]#[N+]c1cccc(C(F)(F)F)c1-c1ccc(-n2c3ccccc3c3ccc(C)cc32)c(C(F)(F)F)c1-n1c2ccccc2c2ccc(C)cc21.